The van der Waals surface area contributed by atoms with E-state index >= 15 is 0 Å². The van der Waals surface area contributed by atoms with Crippen molar-refractivity contribution in [3.8, 4) is 0 Å². The van der Waals surface area contributed by atoms with Gasteiger partial charge in [-0.3, -0.25) is 9.59 Å². The zero-order valence-corrected chi connectivity index (χ0v) is 10.1. The van der Waals surface area contributed by atoms with E-state index in [0.29, 0.717) is 19.4 Å². The Morgan fingerprint density at radius 3 is 2.65 bits per heavy atom. The summed E-state index contributed by atoms with van der Waals surface area (Å²) in [7, 11) is 1.59. The number of carbonyl (C=O) groups is 2. The number of nitrogens with zero attached hydrogens (tertiary/aromatic N) is 1. The number of carbonyl (C=O) groups excluding carboxylic acids is 1. The lowest BCUT2D eigenvalue weighted by Crippen LogP contribution is -2.47. The predicted molar refractivity (Wildman–Crippen MR) is 61.5 cm³/mol. The molecule has 0 radical (unpaired) electrons. The average Bonchev–Trinajstić information content (AvgIpc) is 3.08. The quantitative estimate of drug-likeness (QED) is 0.578. The summed E-state index contributed by atoms with van der Waals surface area (Å²) in [6, 6.07) is -0.544. The molecule has 1 rings (SSSR count). The largest absolute Gasteiger partial charge is 0.480 e. The summed E-state index contributed by atoms with van der Waals surface area (Å²) in [5.74, 6) is -1.25. The maximum atomic E-state index is 12.0. The van der Waals surface area contributed by atoms with Crippen LogP contribution in [0, 0.1) is 0 Å². The van der Waals surface area contributed by atoms with Crippen LogP contribution in [0.3, 0.4) is 0 Å². The molecule has 0 aromatic carbocycles. The number of carboxylic acids is 1. The highest BCUT2D eigenvalue weighted by Crippen LogP contribution is 2.27. The normalized spacial score (nSPS) is 16.6. The summed E-state index contributed by atoms with van der Waals surface area (Å²) in [6.45, 7) is 0.310. The molecule has 0 aromatic heterocycles. The van der Waals surface area contributed by atoms with E-state index < -0.39 is 12.0 Å². The average molecular weight is 244 g/mol. The Hall–Kier alpha value is -1.14. The lowest BCUT2D eigenvalue weighted by Gasteiger charge is -2.23. The maximum Gasteiger partial charge on any atom is 0.323 e. The second-order valence-electron chi connectivity index (χ2n) is 4.33. The number of rotatable bonds is 8. The lowest BCUT2D eigenvalue weighted by molar-refractivity contribution is -0.145. The third-order valence-corrected chi connectivity index (χ3v) is 2.76. The number of methoxy groups -OCH3 is 1. The molecule has 1 aliphatic carbocycles. The molecule has 6 heteroatoms. The maximum absolute atomic E-state index is 12.0. The molecule has 3 N–H and O–H groups in total. The smallest absolute Gasteiger partial charge is 0.323 e. The molecule has 1 fully saturated rings. The highest BCUT2D eigenvalue weighted by atomic mass is 16.5. The third kappa shape index (κ3) is 4.70. The predicted octanol–water partition coefficient (Wildman–Crippen LogP) is -0.184. The standard InChI is InChI=1S/C11H20N2O4/c1-17-6-2-3-9(12)11(16)13(7-10(14)15)8-4-5-8/h8-9H,2-7,12H2,1H3,(H,14,15). The van der Waals surface area contributed by atoms with Gasteiger partial charge in [-0.15, -0.1) is 0 Å². The zero-order valence-electron chi connectivity index (χ0n) is 10.1. The molecule has 98 valence electrons. The molecule has 0 aliphatic heterocycles. The van der Waals surface area contributed by atoms with Crippen LogP contribution in [0.15, 0.2) is 0 Å². The van der Waals surface area contributed by atoms with Gasteiger partial charge in [0.15, 0.2) is 0 Å². The molecule has 1 aliphatic rings. The first-order valence-corrected chi connectivity index (χ1v) is 5.83. The lowest BCUT2D eigenvalue weighted by atomic mass is 10.1. The molecule has 1 atom stereocenters. The van der Waals surface area contributed by atoms with E-state index in [0.717, 1.165) is 12.8 Å². The second-order valence-corrected chi connectivity index (χ2v) is 4.33. The number of nitrogens with two attached hydrogens (primary N) is 1. The van der Waals surface area contributed by atoms with Crippen molar-refractivity contribution in [3.63, 3.8) is 0 Å². The van der Waals surface area contributed by atoms with Gasteiger partial charge in [-0.05, 0) is 25.7 Å². The molecule has 0 spiro atoms. The molecule has 0 saturated heterocycles. The van der Waals surface area contributed by atoms with E-state index in [1.807, 2.05) is 0 Å². The number of carboxylic acid groups (broad SMARTS) is 1. The van der Waals surface area contributed by atoms with E-state index in [2.05, 4.69) is 0 Å². The fourth-order valence-corrected chi connectivity index (χ4v) is 1.70. The van der Waals surface area contributed by atoms with Crippen molar-refractivity contribution >= 4 is 11.9 Å². The van der Waals surface area contributed by atoms with Gasteiger partial charge in [0.1, 0.15) is 6.54 Å². The van der Waals surface area contributed by atoms with E-state index in [-0.39, 0.29) is 18.5 Å². The van der Waals surface area contributed by atoms with Gasteiger partial charge in [-0.25, -0.2) is 0 Å². The molecule has 6 nitrogen and oxygen atoms in total. The number of aliphatic carboxylic acids is 1. The monoisotopic (exact) mass is 244 g/mol. The van der Waals surface area contributed by atoms with Crippen LogP contribution in [-0.2, 0) is 14.3 Å². The summed E-state index contributed by atoms with van der Waals surface area (Å²) >= 11 is 0. The molecular formula is C11H20N2O4. The molecule has 1 amide bonds. The minimum absolute atomic E-state index is 0.0760. The Kier molecular flexibility index (Phi) is 5.37. The number of hydrogen-bond donors (Lipinski definition) is 2. The summed E-state index contributed by atoms with van der Waals surface area (Å²) in [4.78, 5) is 24.0. The zero-order chi connectivity index (χ0) is 12.8. The SMILES string of the molecule is COCCCC(N)C(=O)N(CC(=O)O)C1CC1. The Labute approximate surface area is 101 Å². The topological polar surface area (TPSA) is 92.9 Å². The number of amides is 1. The van der Waals surface area contributed by atoms with E-state index in [4.69, 9.17) is 15.6 Å². The molecule has 0 bridgehead atoms. The van der Waals surface area contributed by atoms with Crippen molar-refractivity contribution in [1.82, 2.24) is 4.90 Å². The van der Waals surface area contributed by atoms with Crippen LogP contribution < -0.4 is 5.73 Å². The molecule has 17 heavy (non-hydrogen) atoms. The van der Waals surface area contributed by atoms with Crippen molar-refractivity contribution in [1.29, 1.82) is 0 Å². The van der Waals surface area contributed by atoms with Gasteiger partial charge in [0.05, 0.1) is 6.04 Å². The van der Waals surface area contributed by atoms with Crippen LogP contribution in [-0.4, -0.2) is 54.2 Å². The highest BCUT2D eigenvalue weighted by Gasteiger charge is 2.35. The summed E-state index contributed by atoms with van der Waals surface area (Å²) in [5.41, 5.74) is 5.76. The van der Waals surface area contributed by atoms with Gasteiger partial charge in [-0.2, -0.15) is 0 Å². The van der Waals surface area contributed by atoms with Gasteiger partial charge in [0.2, 0.25) is 5.91 Å². The van der Waals surface area contributed by atoms with Crippen LogP contribution in [0.4, 0.5) is 0 Å². The van der Waals surface area contributed by atoms with E-state index in [9.17, 15) is 9.59 Å². The summed E-state index contributed by atoms with van der Waals surface area (Å²) in [6.07, 6.45) is 2.98. The first-order chi connectivity index (χ1) is 8.06. The first-order valence-electron chi connectivity index (χ1n) is 5.83. The second kappa shape index (κ2) is 6.56. The van der Waals surface area contributed by atoms with Gasteiger partial charge < -0.3 is 20.5 Å². The molecule has 0 aromatic rings. The van der Waals surface area contributed by atoms with E-state index in [1.165, 1.54) is 4.90 Å². The minimum Gasteiger partial charge on any atom is -0.480 e. The summed E-state index contributed by atoms with van der Waals surface area (Å²) in [5, 5.41) is 8.75. The van der Waals surface area contributed by atoms with Gasteiger partial charge in [0, 0.05) is 19.8 Å². The Bertz CT molecular complexity index is 279. The molecule has 1 saturated carbocycles. The summed E-state index contributed by atoms with van der Waals surface area (Å²) < 4.78 is 4.88. The van der Waals surface area contributed by atoms with Gasteiger partial charge in [-0.1, -0.05) is 0 Å². The Morgan fingerprint density at radius 1 is 1.53 bits per heavy atom. The van der Waals surface area contributed by atoms with Gasteiger partial charge in [0.25, 0.3) is 0 Å². The molecule has 1 unspecified atom stereocenters. The molecule has 0 heterocycles. The Balaban J connectivity index is 2.43. The van der Waals surface area contributed by atoms with Crippen molar-refractivity contribution in [2.24, 2.45) is 5.73 Å². The first kappa shape index (κ1) is 13.9. The van der Waals surface area contributed by atoms with Crippen LogP contribution >= 0.6 is 0 Å². The van der Waals surface area contributed by atoms with Crippen molar-refractivity contribution < 1.29 is 19.4 Å². The number of ether oxygens (including phenoxy) is 1. The highest BCUT2D eigenvalue weighted by molar-refractivity contribution is 5.85. The number of hydrogen-bond acceptors (Lipinski definition) is 4. The fourth-order valence-electron chi connectivity index (χ4n) is 1.70. The van der Waals surface area contributed by atoms with Crippen LogP contribution in [0.1, 0.15) is 25.7 Å². The van der Waals surface area contributed by atoms with Crippen molar-refractivity contribution in [3.05, 3.63) is 0 Å². The van der Waals surface area contributed by atoms with Crippen LogP contribution in [0.25, 0.3) is 0 Å². The van der Waals surface area contributed by atoms with E-state index in [1.54, 1.807) is 7.11 Å². The van der Waals surface area contributed by atoms with Crippen LogP contribution in [0.2, 0.25) is 0 Å². The minimum atomic E-state index is -0.991. The van der Waals surface area contributed by atoms with Crippen LogP contribution in [0.5, 0.6) is 0 Å². The van der Waals surface area contributed by atoms with Crippen molar-refractivity contribution in [2.45, 2.75) is 37.8 Å². The fraction of sp³-hybridized carbons (Fsp3) is 0.818. The molecular weight excluding hydrogens is 224 g/mol. The van der Waals surface area contributed by atoms with Crippen molar-refractivity contribution in [2.75, 3.05) is 20.3 Å². The third-order valence-electron chi connectivity index (χ3n) is 2.76. The van der Waals surface area contributed by atoms with Gasteiger partial charge >= 0.3 is 5.97 Å². The Morgan fingerprint density at radius 2 is 2.18 bits per heavy atom.